The van der Waals surface area contributed by atoms with Crippen LogP contribution in [0.5, 0.6) is 17.6 Å². The van der Waals surface area contributed by atoms with Crippen LogP contribution in [-0.2, 0) is 6.54 Å². The molecule has 0 aliphatic rings. The van der Waals surface area contributed by atoms with Gasteiger partial charge in [-0.15, -0.1) is 0 Å². The van der Waals surface area contributed by atoms with E-state index in [4.69, 9.17) is 26.8 Å². The summed E-state index contributed by atoms with van der Waals surface area (Å²) in [4.78, 5) is 7.90. The zero-order valence-corrected chi connectivity index (χ0v) is 10.5. The van der Waals surface area contributed by atoms with Gasteiger partial charge >= 0.3 is 6.01 Å². The number of nitrogens with two attached hydrogens (primary N) is 1. The van der Waals surface area contributed by atoms with Crippen molar-refractivity contribution in [1.29, 1.82) is 0 Å². The molecule has 18 heavy (non-hydrogen) atoms. The van der Waals surface area contributed by atoms with Crippen molar-refractivity contribution in [1.82, 2.24) is 9.97 Å². The Morgan fingerprint density at radius 2 is 2.11 bits per heavy atom. The highest BCUT2D eigenvalue weighted by Crippen LogP contribution is 2.29. The minimum atomic E-state index is 0.194. The van der Waals surface area contributed by atoms with Crippen LogP contribution in [-0.4, -0.2) is 17.1 Å². The summed E-state index contributed by atoms with van der Waals surface area (Å²) in [7, 11) is 1.47. The fraction of sp³-hybridized carbons (Fsp3) is 0.167. The first kappa shape index (κ1) is 12.6. The molecule has 0 saturated heterocycles. The molecule has 0 fully saturated rings. The van der Waals surface area contributed by atoms with Gasteiger partial charge in [0, 0.05) is 12.1 Å². The van der Waals surface area contributed by atoms with Crippen LogP contribution in [0.4, 0.5) is 0 Å². The minimum absolute atomic E-state index is 0.194. The van der Waals surface area contributed by atoms with Crippen LogP contribution in [0.2, 0.25) is 5.02 Å². The molecule has 1 heterocycles. The molecule has 0 aliphatic carbocycles. The molecular weight excluding hydrogens is 254 g/mol. The Hall–Kier alpha value is -1.85. The Kier molecular flexibility index (Phi) is 3.96. The summed E-state index contributed by atoms with van der Waals surface area (Å²) in [6.07, 6.45) is 1.42. The van der Waals surface area contributed by atoms with E-state index in [1.807, 2.05) is 18.2 Å². The van der Waals surface area contributed by atoms with E-state index in [9.17, 15) is 0 Å². The smallest absolute Gasteiger partial charge is 0.319 e. The fourth-order valence-electron chi connectivity index (χ4n) is 1.38. The summed E-state index contributed by atoms with van der Waals surface area (Å²) in [6.45, 7) is 0.371. The zero-order valence-electron chi connectivity index (χ0n) is 9.76. The molecular formula is C12H12ClN3O2. The minimum Gasteiger partial charge on any atom is -0.467 e. The maximum Gasteiger partial charge on any atom is 0.319 e. The number of aromatic nitrogens is 2. The molecule has 0 bridgehead atoms. The van der Waals surface area contributed by atoms with Crippen molar-refractivity contribution in [3.8, 4) is 17.6 Å². The SMILES string of the molecule is COc1ncc(Cl)c(Oc2ccccc2CN)n1. The zero-order chi connectivity index (χ0) is 13.0. The summed E-state index contributed by atoms with van der Waals surface area (Å²) in [6, 6.07) is 7.60. The van der Waals surface area contributed by atoms with Crippen LogP contribution in [0.1, 0.15) is 5.56 Å². The molecule has 2 aromatic rings. The van der Waals surface area contributed by atoms with Crippen LogP contribution in [0.3, 0.4) is 0 Å². The second-order valence-electron chi connectivity index (χ2n) is 3.42. The van der Waals surface area contributed by atoms with Crippen LogP contribution in [0.15, 0.2) is 30.5 Å². The van der Waals surface area contributed by atoms with Gasteiger partial charge in [-0.25, -0.2) is 4.98 Å². The number of nitrogens with zero attached hydrogens (tertiary/aromatic N) is 2. The summed E-state index contributed by atoms with van der Waals surface area (Å²) in [5, 5.41) is 0.308. The number of hydrogen-bond donors (Lipinski definition) is 1. The van der Waals surface area contributed by atoms with E-state index in [0.29, 0.717) is 17.3 Å². The topological polar surface area (TPSA) is 70.3 Å². The van der Waals surface area contributed by atoms with Crippen molar-refractivity contribution < 1.29 is 9.47 Å². The van der Waals surface area contributed by atoms with Crippen molar-refractivity contribution in [3.63, 3.8) is 0 Å². The Morgan fingerprint density at radius 3 is 2.83 bits per heavy atom. The van der Waals surface area contributed by atoms with Gasteiger partial charge in [-0.3, -0.25) is 0 Å². The molecule has 1 aromatic heterocycles. The maximum atomic E-state index is 5.96. The van der Waals surface area contributed by atoms with E-state index >= 15 is 0 Å². The fourth-order valence-corrected chi connectivity index (χ4v) is 1.51. The molecule has 0 saturated carbocycles. The lowest BCUT2D eigenvalue weighted by atomic mass is 10.2. The third-order valence-electron chi connectivity index (χ3n) is 2.27. The molecule has 1 aromatic carbocycles. The average Bonchev–Trinajstić information content (AvgIpc) is 2.42. The Balaban J connectivity index is 2.33. The molecule has 6 heteroatoms. The third kappa shape index (κ3) is 2.69. The molecule has 0 unspecified atom stereocenters. The normalized spacial score (nSPS) is 10.2. The first-order valence-corrected chi connectivity index (χ1v) is 5.64. The molecule has 0 amide bonds. The van der Waals surface area contributed by atoms with Crippen LogP contribution < -0.4 is 15.2 Å². The molecule has 0 atom stereocenters. The van der Waals surface area contributed by atoms with Gasteiger partial charge < -0.3 is 15.2 Å². The van der Waals surface area contributed by atoms with Crippen molar-refractivity contribution in [2.45, 2.75) is 6.54 Å². The second kappa shape index (κ2) is 5.66. The lowest BCUT2D eigenvalue weighted by Gasteiger charge is -2.10. The van der Waals surface area contributed by atoms with Crippen molar-refractivity contribution >= 4 is 11.6 Å². The van der Waals surface area contributed by atoms with Crippen molar-refractivity contribution in [2.75, 3.05) is 7.11 Å². The molecule has 0 radical (unpaired) electrons. The highest BCUT2D eigenvalue weighted by atomic mass is 35.5. The van der Waals surface area contributed by atoms with Gasteiger partial charge in [0.05, 0.1) is 13.3 Å². The number of para-hydroxylation sites is 1. The first-order chi connectivity index (χ1) is 8.74. The number of ether oxygens (including phenoxy) is 2. The number of benzene rings is 1. The van der Waals surface area contributed by atoms with Gasteiger partial charge in [0.1, 0.15) is 10.8 Å². The van der Waals surface area contributed by atoms with Gasteiger partial charge in [0.25, 0.3) is 0 Å². The molecule has 5 nitrogen and oxygen atoms in total. The van der Waals surface area contributed by atoms with Crippen LogP contribution >= 0.6 is 11.6 Å². The van der Waals surface area contributed by atoms with Crippen LogP contribution in [0.25, 0.3) is 0 Å². The Bertz CT molecular complexity index is 549. The Morgan fingerprint density at radius 1 is 1.33 bits per heavy atom. The summed E-state index contributed by atoms with van der Waals surface area (Å²) in [5.74, 6) is 0.854. The van der Waals surface area contributed by atoms with Gasteiger partial charge in [0.15, 0.2) is 0 Å². The number of methoxy groups -OCH3 is 1. The standard InChI is InChI=1S/C12H12ClN3O2/c1-17-12-15-7-9(13)11(16-12)18-10-5-3-2-4-8(10)6-14/h2-5,7H,6,14H2,1H3. The largest absolute Gasteiger partial charge is 0.467 e. The van der Waals surface area contributed by atoms with Gasteiger partial charge in [-0.2, -0.15) is 4.98 Å². The second-order valence-corrected chi connectivity index (χ2v) is 3.83. The van der Waals surface area contributed by atoms with E-state index in [-0.39, 0.29) is 11.9 Å². The molecule has 2 N–H and O–H groups in total. The summed E-state index contributed by atoms with van der Waals surface area (Å²) in [5.41, 5.74) is 6.49. The third-order valence-corrected chi connectivity index (χ3v) is 2.53. The Labute approximate surface area is 110 Å². The van der Waals surface area contributed by atoms with E-state index in [0.717, 1.165) is 5.56 Å². The highest BCUT2D eigenvalue weighted by Gasteiger charge is 2.10. The predicted octanol–water partition coefficient (Wildman–Crippen LogP) is 2.39. The van der Waals surface area contributed by atoms with Gasteiger partial charge in [0.2, 0.25) is 5.88 Å². The highest BCUT2D eigenvalue weighted by molar-refractivity contribution is 6.31. The van der Waals surface area contributed by atoms with Crippen LogP contribution in [0, 0.1) is 0 Å². The predicted molar refractivity (Wildman–Crippen MR) is 68.0 cm³/mol. The average molecular weight is 266 g/mol. The molecule has 94 valence electrons. The van der Waals surface area contributed by atoms with E-state index in [1.165, 1.54) is 13.3 Å². The lowest BCUT2D eigenvalue weighted by Crippen LogP contribution is -2.01. The number of rotatable bonds is 4. The quantitative estimate of drug-likeness (QED) is 0.919. The van der Waals surface area contributed by atoms with Gasteiger partial charge in [-0.1, -0.05) is 29.8 Å². The summed E-state index contributed by atoms with van der Waals surface area (Å²) >= 11 is 5.96. The first-order valence-electron chi connectivity index (χ1n) is 5.27. The molecule has 2 rings (SSSR count). The van der Waals surface area contributed by atoms with Crippen molar-refractivity contribution in [3.05, 3.63) is 41.0 Å². The van der Waals surface area contributed by atoms with E-state index in [1.54, 1.807) is 6.07 Å². The van der Waals surface area contributed by atoms with E-state index < -0.39 is 0 Å². The lowest BCUT2D eigenvalue weighted by molar-refractivity contribution is 0.366. The van der Waals surface area contributed by atoms with Gasteiger partial charge in [-0.05, 0) is 6.07 Å². The van der Waals surface area contributed by atoms with Crippen molar-refractivity contribution in [2.24, 2.45) is 5.73 Å². The monoisotopic (exact) mass is 265 g/mol. The number of halogens is 1. The molecule has 0 spiro atoms. The number of hydrogen-bond acceptors (Lipinski definition) is 5. The van der Waals surface area contributed by atoms with E-state index in [2.05, 4.69) is 9.97 Å². The molecule has 0 aliphatic heterocycles. The maximum absolute atomic E-state index is 5.96. The summed E-state index contributed by atoms with van der Waals surface area (Å²) < 4.78 is 10.5.